The molecule has 5 nitrogen and oxygen atoms in total. The maximum absolute atomic E-state index is 12.3. The summed E-state index contributed by atoms with van der Waals surface area (Å²) in [5, 5.41) is 5.72. The normalized spacial score (nSPS) is 13.6. The van der Waals surface area contributed by atoms with Gasteiger partial charge in [-0.05, 0) is 43.3 Å². The van der Waals surface area contributed by atoms with Gasteiger partial charge in [-0.2, -0.15) is 0 Å². The molecule has 1 aliphatic heterocycles. The van der Waals surface area contributed by atoms with Crippen LogP contribution < -0.4 is 20.1 Å². The van der Waals surface area contributed by atoms with Gasteiger partial charge in [0, 0.05) is 21.3 Å². The Labute approximate surface area is 149 Å². The number of quaternary nitrogens is 1. The van der Waals surface area contributed by atoms with Crippen LogP contribution in [0.5, 0.6) is 11.5 Å². The number of carbonyl (C=O) groups excluding carboxylic acids is 1. The number of anilines is 1. The van der Waals surface area contributed by atoms with Crippen LogP contribution in [-0.2, 0) is 11.3 Å². The maximum Gasteiger partial charge on any atom is 0.282 e. The van der Waals surface area contributed by atoms with Gasteiger partial charge in [0.1, 0.15) is 6.54 Å². The van der Waals surface area contributed by atoms with E-state index >= 15 is 0 Å². The molecule has 3 N–H and O–H groups in total. The first kappa shape index (κ1) is 16.9. The molecule has 1 heterocycles. The third kappa shape index (κ3) is 4.12. The predicted octanol–water partition coefficient (Wildman–Crippen LogP) is 2.81. The molecule has 3 rings (SSSR count). The summed E-state index contributed by atoms with van der Waals surface area (Å²) >= 11 is 11.9. The van der Waals surface area contributed by atoms with Crippen molar-refractivity contribution < 1.29 is 19.6 Å². The first-order valence-electron chi connectivity index (χ1n) is 7.50. The molecule has 24 heavy (non-hydrogen) atoms. The number of ether oxygens (including phenoxy) is 2. The highest BCUT2D eigenvalue weighted by atomic mass is 35.5. The number of nitrogens with one attached hydrogen (secondary N) is 1. The summed E-state index contributed by atoms with van der Waals surface area (Å²) in [5.74, 6) is 1.38. The van der Waals surface area contributed by atoms with Crippen LogP contribution in [0.25, 0.3) is 0 Å². The van der Waals surface area contributed by atoms with Crippen molar-refractivity contribution in [2.45, 2.75) is 19.5 Å². The lowest BCUT2D eigenvalue weighted by atomic mass is 10.2. The second kappa shape index (κ2) is 7.30. The molecule has 1 aliphatic rings. The van der Waals surface area contributed by atoms with Crippen LogP contribution in [0.1, 0.15) is 12.5 Å². The SMILES string of the molecule is C[C@H]([NH2+]Cc1ccc2c(c1)OCO2)C(=O)Nc1cc(Cl)cc(Cl)c1. The van der Waals surface area contributed by atoms with Gasteiger partial charge in [0.25, 0.3) is 5.91 Å². The van der Waals surface area contributed by atoms with Crippen LogP contribution in [0, 0.1) is 0 Å². The molecule has 0 saturated carbocycles. The molecule has 1 amide bonds. The third-order valence-corrected chi connectivity index (χ3v) is 4.12. The van der Waals surface area contributed by atoms with Crippen molar-refractivity contribution in [3.8, 4) is 11.5 Å². The number of halogens is 2. The number of benzene rings is 2. The number of hydrogen-bond acceptors (Lipinski definition) is 3. The first-order valence-corrected chi connectivity index (χ1v) is 8.25. The van der Waals surface area contributed by atoms with Crippen molar-refractivity contribution in [3.05, 3.63) is 52.0 Å². The molecule has 0 aliphatic carbocycles. The minimum Gasteiger partial charge on any atom is -0.454 e. The van der Waals surface area contributed by atoms with E-state index in [9.17, 15) is 4.79 Å². The van der Waals surface area contributed by atoms with Gasteiger partial charge < -0.3 is 20.1 Å². The van der Waals surface area contributed by atoms with Gasteiger partial charge in [0.15, 0.2) is 17.5 Å². The van der Waals surface area contributed by atoms with Crippen LogP contribution in [0.2, 0.25) is 10.0 Å². The van der Waals surface area contributed by atoms with Gasteiger partial charge in [0.05, 0.1) is 0 Å². The zero-order valence-corrected chi connectivity index (χ0v) is 14.5. The van der Waals surface area contributed by atoms with E-state index < -0.39 is 0 Å². The summed E-state index contributed by atoms with van der Waals surface area (Å²) < 4.78 is 10.6. The Bertz CT molecular complexity index is 747. The van der Waals surface area contributed by atoms with Gasteiger partial charge in [0.2, 0.25) is 6.79 Å². The topological polar surface area (TPSA) is 64.2 Å². The summed E-state index contributed by atoms with van der Waals surface area (Å²) in [5.41, 5.74) is 1.64. The van der Waals surface area contributed by atoms with E-state index in [-0.39, 0.29) is 18.7 Å². The molecule has 2 aromatic rings. The number of amides is 1. The Balaban J connectivity index is 1.56. The van der Waals surface area contributed by atoms with E-state index in [2.05, 4.69) is 5.32 Å². The van der Waals surface area contributed by atoms with Crippen LogP contribution >= 0.6 is 23.2 Å². The second-order valence-electron chi connectivity index (χ2n) is 5.56. The fourth-order valence-electron chi connectivity index (χ4n) is 2.37. The lowest BCUT2D eigenvalue weighted by Gasteiger charge is -2.12. The van der Waals surface area contributed by atoms with Crippen molar-refractivity contribution in [2.24, 2.45) is 0 Å². The molecule has 0 bridgehead atoms. The summed E-state index contributed by atoms with van der Waals surface area (Å²) in [7, 11) is 0. The van der Waals surface area contributed by atoms with Crippen LogP contribution in [0.15, 0.2) is 36.4 Å². The van der Waals surface area contributed by atoms with Crippen LogP contribution in [0.4, 0.5) is 5.69 Å². The molecule has 0 aromatic heterocycles. The molecular weight excluding hydrogens is 351 g/mol. The van der Waals surface area contributed by atoms with Gasteiger partial charge in [-0.15, -0.1) is 0 Å². The van der Waals surface area contributed by atoms with Crippen molar-refractivity contribution in [1.82, 2.24) is 0 Å². The van der Waals surface area contributed by atoms with E-state index in [0.717, 1.165) is 17.1 Å². The highest BCUT2D eigenvalue weighted by molar-refractivity contribution is 6.35. The molecule has 2 aromatic carbocycles. The molecule has 126 valence electrons. The molecular formula is C17H17Cl2N2O3+. The molecule has 0 unspecified atom stereocenters. The molecule has 0 fully saturated rings. The van der Waals surface area contributed by atoms with Crippen molar-refractivity contribution in [3.63, 3.8) is 0 Å². The summed E-state index contributed by atoms with van der Waals surface area (Å²) in [6.45, 7) is 2.75. The van der Waals surface area contributed by atoms with Crippen LogP contribution in [-0.4, -0.2) is 18.7 Å². The monoisotopic (exact) mass is 367 g/mol. The summed E-state index contributed by atoms with van der Waals surface area (Å²) in [4.78, 5) is 12.3. The smallest absolute Gasteiger partial charge is 0.282 e. The quantitative estimate of drug-likeness (QED) is 0.853. The Morgan fingerprint density at radius 1 is 1.17 bits per heavy atom. The Hall–Kier alpha value is -1.95. The minimum atomic E-state index is -0.270. The predicted molar refractivity (Wildman–Crippen MR) is 92.7 cm³/mol. The Kier molecular flexibility index (Phi) is 5.14. The maximum atomic E-state index is 12.3. The lowest BCUT2D eigenvalue weighted by molar-refractivity contribution is -0.688. The van der Waals surface area contributed by atoms with E-state index in [1.807, 2.05) is 30.4 Å². The van der Waals surface area contributed by atoms with Crippen molar-refractivity contribution in [2.75, 3.05) is 12.1 Å². The van der Waals surface area contributed by atoms with E-state index in [0.29, 0.717) is 22.3 Å². The number of nitrogens with two attached hydrogens (primary N) is 1. The Morgan fingerprint density at radius 2 is 1.88 bits per heavy atom. The number of carbonyl (C=O) groups is 1. The zero-order valence-electron chi connectivity index (χ0n) is 13.0. The Morgan fingerprint density at radius 3 is 2.62 bits per heavy atom. The van der Waals surface area contributed by atoms with Gasteiger partial charge in [-0.25, -0.2) is 0 Å². The fraction of sp³-hybridized carbons (Fsp3) is 0.235. The second-order valence-corrected chi connectivity index (χ2v) is 6.44. The highest BCUT2D eigenvalue weighted by Crippen LogP contribution is 2.32. The minimum absolute atomic E-state index is 0.117. The lowest BCUT2D eigenvalue weighted by Crippen LogP contribution is -2.90. The first-order chi connectivity index (χ1) is 11.5. The summed E-state index contributed by atoms with van der Waals surface area (Å²) in [6.07, 6.45) is 0. The van der Waals surface area contributed by atoms with E-state index in [1.165, 1.54) is 0 Å². The van der Waals surface area contributed by atoms with Crippen LogP contribution in [0.3, 0.4) is 0 Å². The number of rotatable bonds is 5. The molecule has 1 atom stereocenters. The third-order valence-electron chi connectivity index (χ3n) is 3.69. The van der Waals surface area contributed by atoms with Gasteiger partial charge >= 0.3 is 0 Å². The fourth-order valence-corrected chi connectivity index (χ4v) is 2.90. The zero-order chi connectivity index (χ0) is 17.1. The average molecular weight is 368 g/mol. The molecule has 0 saturated heterocycles. The van der Waals surface area contributed by atoms with Gasteiger partial charge in [-0.1, -0.05) is 23.2 Å². The van der Waals surface area contributed by atoms with Crippen molar-refractivity contribution in [1.29, 1.82) is 0 Å². The number of fused-ring (bicyclic) bond motifs is 1. The molecule has 0 spiro atoms. The highest BCUT2D eigenvalue weighted by Gasteiger charge is 2.18. The number of hydrogen-bond donors (Lipinski definition) is 2. The average Bonchev–Trinajstić information content (AvgIpc) is 2.99. The van der Waals surface area contributed by atoms with E-state index in [4.69, 9.17) is 32.7 Å². The van der Waals surface area contributed by atoms with Crippen molar-refractivity contribution >= 4 is 34.8 Å². The summed E-state index contributed by atoms with van der Waals surface area (Å²) in [6, 6.07) is 10.4. The van der Waals surface area contributed by atoms with Gasteiger partial charge in [-0.3, -0.25) is 4.79 Å². The standard InChI is InChI=1S/C17H16Cl2N2O3/c1-10(17(22)21-14-6-12(18)5-13(19)7-14)20-8-11-2-3-15-16(4-11)24-9-23-15/h2-7,10,20H,8-9H2,1H3,(H,21,22)/p+1/t10-/m0/s1. The van der Waals surface area contributed by atoms with E-state index in [1.54, 1.807) is 18.2 Å². The molecule has 0 radical (unpaired) electrons. The largest absolute Gasteiger partial charge is 0.454 e. The molecule has 7 heteroatoms.